The molecular formula is C30H31N3O3S. The van der Waals surface area contributed by atoms with Crippen LogP contribution >= 0.6 is 0 Å². The molecule has 1 aliphatic rings. The van der Waals surface area contributed by atoms with Crippen molar-refractivity contribution >= 4 is 38.1 Å². The van der Waals surface area contributed by atoms with Crippen molar-refractivity contribution in [1.82, 2.24) is 5.32 Å². The molecule has 5 rings (SSSR count). The summed E-state index contributed by atoms with van der Waals surface area (Å²) in [5.41, 5.74) is 4.17. The van der Waals surface area contributed by atoms with E-state index in [1.165, 1.54) is 11.1 Å². The summed E-state index contributed by atoms with van der Waals surface area (Å²) in [6.07, 6.45) is 0.888. The minimum absolute atomic E-state index is 0.175. The van der Waals surface area contributed by atoms with Crippen molar-refractivity contribution < 1.29 is 13.2 Å². The van der Waals surface area contributed by atoms with E-state index in [1.807, 2.05) is 50.2 Å². The van der Waals surface area contributed by atoms with Crippen LogP contribution in [0.5, 0.6) is 0 Å². The van der Waals surface area contributed by atoms with Crippen molar-refractivity contribution in [2.45, 2.75) is 31.7 Å². The zero-order chi connectivity index (χ0) is 26.0. The number of anilines is 2. The first-order valence-electron chi connectivity index (χ1n) is 12.6. The zero-order valence-corrected chi connectivity index (χ0v) is 21.9. The quantitative estimate of drug-likeness (QED) is 0.338. The molecule has 0 bridgehead atoms. The number of rotatable bonds is 7. The average Bonchev–Trinajstić information content (AvgIpc) is 2.91. The predicted octanol–water partition coefficient (Wildman–Crippen LogP) is 5.59. The van der Waals surface area contributed by atoms with Gasteiger partial charge in [0.05, 0.1) is 10.5 Å². The minimum atomic E-state index is -3.85. The van der Waals surface area contributed by atoms with Gasteiger partial charge in [0, 0.05) is 31.0 Å². The third kappa shape index (κ3) is 5.47. The number of fused-ring (bicyclic) bond motifs is 2. The van der Waals surface area contributed by atoms with E-state index in [4.69, 9.17) is 0 Å². The van der Waals surface area contributed by atoms with Crippen LogP contribution in [0.1, 0.15) is 35.3 Å². The van der Waals surface area contributed by atoms with Crippen molar-refractivity contribution in [1.29, 1.82) is 0 Å². The highest BCUT2D eigenvalue weighted by molar-refractivity contribution is 7.92. The molecule has 4 aromatic carbocycles. The fraction of sp³-hybridized carbons (Fsp3) is 0.233. The van der Waals surface area contributed by atoms with E-state index in [1.54, 1.807) is 30.3 Å². The summed E-state index contributed by atoms with van der Waals surface area (Å²) in [5.74, 6) is 0.0816. The molecule has 1 amide bonds. The third-order valence-electron chi connectivity index (χ3n) is 6.67. The van der Waals surface area contributed by atoms with Crippen LogP contribution < -0.4 is 14.9 Å². The van der Waals surface area contributed by atoms with Crippen LogP contribution in [0.2, 0.25) is 0 Å². The Morgan fingerprint density at radius 1 is 0.892 bits per heavy atom. The lowest BCUT2D eigenvalue weighted by molar-refractivity contribution is 0.0949. The monoisotopic (exact) mass is 513 g/mol. The van der Waals surface area contributed by atoms with E-state index in [-0.39, 0.29) is 10.8 Å². The second-order valence-electron chi connectivity index (χ2n) is 9.89. The molecule has 0 aromatic heterocycles. The molecule has 0 unspecified atom stereocenters. The van der Waals surface area contributed by atoms with Crippen LogP contribution in [0.3, 0.4) is 0 Å². The van der Waals surface area contributed by atoms with Gasteiger partial charge in [0.15, 0.2) is 0 Å². The molecular weight excluding hydrogens is 482 g/mol. The Morgan fingerprint density at radius 2 is 1.62 bits per heavy atom. The van der Waals surface area contributed by atoms with Crippen molar-refractivity contribution in [3.63, 3.8) is 0 Å². The number of carbonyl (C=O) groups excluding carboxylic acids is 1. The van der Waals surface area contributed by atoms with Gasteiger partial charge in [-0.1, -0.05) is 68.4 Å². The maximum absolute atomic E-state index is 13.3. The van der Waals surface area contributed by atoms with Gasteiger partial charge in [-0.05, 0) is 64.6 Å². The highest BCUT2D eigenvalue weighted by atomic mass is 32.2. The van der Waals surface area contributed by atoms with Gasteiger partial charge in [0.1, 0.15) is 0 Å². The molecule has 4 aromatic rings. The Bertz CT molecular complexity index is 1560. The molecule has 0 fully saturated rings. The Balaban J connectivity index is 1.46. The van der Waals surface area contributed by atoms with Crippen LogP contribution in [-0.2, 0) is 23.0 Å². The van der Waals surface area contributed by atoms with E-state index < -0.39 is 10.0 Å². The summed E-state index contributed by atoms with van der Waals surface area (Å²) in [6.45, 7) is 6.09. The number of nitrogens with zero attached hydrogens (tertiary/aromatic N) is 1. The Hall–Kier alpha value is -3.84. The van der Waals surface area contributed by atoms with Crippen molar-refractivity contribution in [2.24, 2.45) is 5.92 Å². The smallest absolute Gasteiger partial charge is 0.261 e. The SMILES string of the molecule is CC(C)CNC(=O)c1cc(NS(=O)(=O)c2ccc3ccccc3c2)ccc1N1CCc2ccccc2C1. The molecule has 1 aliphatic heterocycles. The Morgan fingerprint density at radius 3 is 2.41 bits per heavy atom. The van der Waals surface area contributed by atoms with Gasteiger partial charge in [-0.2, -0.15) is 0 Å². The van der Waals surface area contributed by atoms with Gasteiger partial charge >= 0.3 is 0 Å². The van der Waals surface area contributed by atoms with Crippen LogP contribution in [0.25, 0.3) is 10.8 Å². The summed E-state index contributed by atoms with van der Waals surface area (Å²) in [5, 5.41) is 4.81. The standard InChI is InChI=1S/C30H31N3O3S/c1-21(2)19-31-30(34)28-18-26(12-14-29(28)33-16-15-23-8-4-6-10-25(23)20-33)32-37(35,36)27-13-11-22-7-3-5-9-24(22)17-27/h3-14,17-18,21,32H,15-16,19-20H2,1-2H3,(H,31,34). The number of amides is 1. The normalized spacial score (nSPS) is 13.4. The molecule has 6 nitrogen and oxygen atoms in total. The van der Waals surface area contributed by atoms with Crippen molar-refractivity contribution in [3.05, 3.63) is 102 Å². The van der Waals surface area contributed by atoms with E-state index in [0.29, 0.717) is 30.3 Å². The molecule has 0 aliphatic carbocycles. The van der Waals surface area contributed by atoms with E-state index in [0.717, 1.165) is 29.4 Å². The number of nitrogens with one attached hydrogen (secondary N) is 2. The maximum atomic E-state index is 13.3. The van der Waals surface area contributed by atoms with Gasteiger partial charge in [0.2, 0.25) is 0 Å². The maximum Gasteiger partial charge on any atom is 0.261 e. The Labute approximate surface area is 218 Å². The summed E-state index contributed by atoms with van der Waals surface area (Å²) >= 11 is 0. The van der Waals surface area contributed by atoms with Gasteiger partial charge in [-0.25, -0.2) is 8.42 Å². The molecule has 0 spiro atoms. The molecule has 37 heavy (non-hydrogen) atoms. The molecule has 1 heterocycles. The van der Waals surface area contributed by atoms with Crippen LogP contribution in [-0.4, -0.2) is 27.4 Å². The lowest BCUT2D eigenvalue weighted by Gasteiger charge is -2.32. The van der Waals surface area contributed by atoms with Gasteiger partial charge in [-0.3, -0.25) is 9.52 Å². The molecule has 0 atom stereocenters. The first-order chi connectivity index (χ1) is 17.8. The first-order valence-corrected chi connectivity index (χ1v) is 14.0. The van der Waals surface area contributed by atoms with E-state index >= 15 is 0 Å². The summed E-state index contributed by atoms with van der Waals surface area (Å²) in [6, 6.07) is 26.2. The van der Waals surface area contributed by atoms with Gasteiger partial charge < -0.3 is 10.2 Å². The molecule has 7 heteroatoms. The molecule has 190 valence electrons. The third-order valence-corrected chi connectivity index (χ3v) is 8.05. The predicted molar refractivity (Wildman–Crippen MR) is 150 cm³/mol. The molecule has 0 radical (unpaired) electrons. The van der Waals surface area contributed by atoms with Crippen molar-refractivity contribution in [2.75, 3.05) is 22.7 Å². The number of hydrogen-bond acceptors (Lipinski definition) is 4. The molecule has 2 N–H and O–H groups in total. The number of benzene rings is 4. The van der Waals surface area contributed by atoms with Crippen molar-refractivity contribution in [3.8, 4) is 0 Å². The number of hydrogen-bond donors (Lipinski definition) is 2. The van der Waals surface area contributed by atoms with E-state index in [2.05, 4.69) is 33.1 Å². The van der Waals surface area contributed by atoms with Gasteiger partial charge in [0.25, 0.3) is 15.9 Å². The second-order valence-corrected chi connectivity index (χ2v) is 11.6. The number of carbonyl (C=O) groups is 1. The molecule has 0 saturated heterocycles. The fourth-order valence-electron chi connectivity index (χ4n) is 4.70. The lowest BCUT2D eigenvalue weighted by atomic mass is 9.98. The molecule has 0 saturated carbocycles. The summed E-state index contributed by atoms with van der Waals surface area (Å²) in [7, 11) is -3.85. The fourth-order valence-corrected chi connectivity index (χ4v) is 5.78. The number of sulfonamides is 1. The minimum Gasteiger partial charge on any atom is -0.366 e. The van der Waals surface area contributed by atoms with E-state index in [9.17, 15) is 13.2 Å². The summed E-state index contributed by atoms with van der Waals surface area (Å²) in [4.78, 5) is 15.6. The largest absolute Gasteiger partial charge is 0.366 e. The highest BCUT2D eigenvalue weighted by Crippen LogP contribution is 2.31. The van der Waals surface area contributed by atoms with Gasteiger partial charge in [-0.15, -0.1) is 0 Å². The second kappa shape index (κ2) is 10.3. The zero-order valence-electron chi connectivity index (χ0n) is 21.1. The lowest BCUT2D eigenvalue weighted by Crippen LogP contribution is -2.34. The first kappa shape index (κ1) is 24.8. The van der Waals surface area contributed by atoms with Crippen LogP contribution in [0.4, 0.5) is 11.4 Å². The highest BCUT2D eigenvalue weighted by Gasteiger charge is 2.23. The topological polar surface area (TPSA) is 78.5 Å². The van der Waals surface area contributed by atoms with Crippen LogP contribution in [0.15, 0.2) is 89.8 Å². The van der Waals surface area contributed by atoms with Crippen LogP contribution in [0, 0.1) is 5.92 Å². The Kier molecular flexibility index (Phi) is 6.89. The average molecular weight is 514 g/mol. The summed E-state index contributed by atoms with van der Waals surface area (Å²) < 4.78 is 29.2.